The summed E-state index contributed by atoms with van der Waals surface area (Å²) in [6.45, 7) is 4.36. The van der Waals surface area contributed by atoms with Crippen molar-refractivity contribution >= 4 is 11.8 Å². The van der Waals surface area contributed by atoms with Gasteiger partial charge in [0.15, 0.2) is 6.04 Å². The van der Waals surface area contributed by atoms with Gasteiger partial charge in [-0.3, -0.25) is 9.28 Å². The Morgan fingerprint density at radius 3 is 2.45 bits per heavy atom. The molecular weight excluding hydrogens is 278 g/mol. The van der Waals surface area contributed by atoms with Crippen molar-refractivity contribution in [2.75, 3.05) is 19.6 Å². The molecule has 1 fully saturated rings. The quantitative estimate of drug-likeness (QED) is 0.478. The molecule has 128 valence electrons. The largest absolute Gasteiger partial charge is 0.364 e. The molecule has 5 nitrogen and oxygen atoms in total. The summed E-state index contributed by atoms with van der Waals surface area (Å²) in [5.74, 6) is -0.0734. The number of unbranched alkanes of at least 4 members (excludes halogenated alkanes) is 4. The third-order valence-corrected chi connectivity index (χ3v) is 4.96. The lowest BCUT2D eigenvalue weighted by Gasteiger charge is -2.44. The number of quaternary nitrogens is 1. The molecule has 0 radical (unpaired) electrons. The summed E-state index contributed by atoms with van der Waals surface area (Å²) in [4.78, 5) is 24.8. The predicted octanol–water partition coefficient (Wildman–Crippen LogP) is 2.08. The van der Waals surface area contributed by atoms with Gasteiger partial charge in [0.2, 0.25) is 0 Å². The van der Waals surface area contributed by atoms with Crippen LogP contribution in [0.1, 0.15) is 71.1 Å². The zero-order valence-electron chi connectivity index (χ0n) is 14.2. The molecular formula is C17H34N3O2+. The Morgan fingerprint density at radius 2 is 1.82 bits per heavy atom. The molecule has 1 saturated heterocycles. The first-order valence-electron chi connectivity index (χ1n) is 8.98. The van der Waals surface area contributed by atoms with E-state index in [0.717, 1.165) is 77.4 Å². The molecule has 0 spiro atoms. The maximum atomic E-state index is 12.9. The summed E-state index contributed by atoms with van der Waals surface area (Å²) in [5, 5.41) is 0. The van der Waals surface area contributed by atoms with Gasteiger partial charge in [0.25, 0.3) is 5.91 Å². The lowest BCUT2D eigenvalue weighted by Crippen LogP contribution is -2.65. The SMILES string of the molecule is CCCCC(=O)[N+]1(CCCCCCN)CCCCC1C(N)=O. The Labute approximate surface area is 135 Å². The van der Waals surface area contributed by atoms with Crippen LogP contribution in [0.4, 0.5) is 0 Å². The van der Waals surface area contributed by atoms with Crippen molar-refractivity contribution in [3.05, 3.63) is 0 Å². The molecule has 2 unspecified atom stereocenters. The molecule has 1 aliphatic rings. The zero-order chi connectivity index (χ0) is 16.4. The van der Waals surface area contributed by atoms with Crippen LogP contribution >= 0.6 is 0 Å². The van der Waals surface area contributed by atoms with Crippen LogP contribution in [-0.4, -0.2) is 42.0 Å². The van der Waals surface area contributed by atoms with E-state index in [1.165, 1.54) is 0 Å². The number of piperidine rings is 1. The fourth-order valence-electron chi connectivity index (χ4n) is 3.65. The molecule has 0 aromatic rings. The van der Waals surface area contributed by atoms with E-state index < -0.39 is 0 Å². The minimum Gasteiger partial charge on any atom is -0.364 e. The van der Waals surface area contributed by atoms with Gasteiger partial charge < -0.3 is 11.5 Å². The number of carbonyl (C=O) groups excluding carboxylic acids is 2. The monoisotopic (exact) mass is 312 g/mol. The number of rotatable bonds is 10. The van der Waals surface area contributed by atoms with Gasteiger partial charge in [-0.15, -0.1) is 0 Å². The van der Waals surface area contributed by atoms with Gasteiger partial charge in [-0.1, -0.05) is 19.8 Å². The van der Waals surface area contributed by atoms with Gasteiger partial charge in [-0.2, -0.15) is 0 Å². The molecule has 1 heterocycles. The molecule has 0 aromatic heterocycles. The lowest BCUT2D eigenvalue weighted by atomic mass is 9.95. The second kappa shape index (κ2) is 9.95. The van der Waals surface area contributed by atoms with Crippen LogP contribution in [0.5, 0.6) is 0 Å². The molecule has 1 rings (SSSR count). The summed E-state index contributed by atoms with van der Waals surface area (Å²) >= 11 is 0. The van der Waals surface area contributed by atoms with E-state index in [2.05, 4.69) is 6.92 Å². The summed E-state index contributed by atoms with van der Waals surface area (Å²) < 4.78 is 0.317. The van der Waals surface area contributed by atoms with Crippen LogP contribution in [0, 0.1) is 0 Å². The van der Waals surface area contributed by atoms with Gasteiger partial charge in [0.1, 0.15) is 0 Å². The van der Waals surface area contributed by atoms with Crippen LogP contribution < -0.4 is 11.5 Å². The number of amides is 2. The van der Waals surface area contributed by atoms with E-state index in [9.17, 15) is 9.59 Å². The van der Waals surface area contributed by atoms with Crippen molar-refractivity contribution < 1.29 is 14.1 Å². The van der Waals surface area contributed by atoms with E-state index in [4.69, 9.17) is 11.5 Å². The second-order valence-corrected chi connectivity index (χ2v) is 6.60. The Morgan fingerprint density at radius 1 is 1.09 bits per heavy atom. The van der Waals surface area contributed by atoms with E-state index in [1.54, 1.807) is 0 Å². The first-order chi connectivity index (χ1) is 10.6. The van der Waals surface area contributed by atoms with E-state index >= 15 is 0 Å². The van der Waals surface area contributed by atoms with Gasteiger partial charge in [-0.25, -0.2) is 4.79 Å². The van der Waals surface area contributed by atoms with Crippen LogP contribution in [0.3, 0.4) is 0 Å². The van der Waals surface area contributed by atoms with Gasteiger partial charge in [-0.05, 0) is 45.1 Å². The molecule has 22 heavy (non-hydrogen) atoms. The third kappa shape index (κ3) is 5.06. The van der Waals surface area contributed by atoms with E-state index in [-0.39, 0.29) is 17.9 Å². The highest BCUT2D eigenvalue weighted by atomic mass is 16.2. The normalized spacial score (nSPS) is 25.1. The van der Waals surface area contributed by atoms with Crippen LogP contribution in [-0.2, 0) is 9.59 Å². The second-order valence-electron chi connectivity index (χ2n) is 6.60. The third-order valence-electron chi connectivity index (χ3n) is 4.96. The summed E-state index contributed by atoms with van der Waals surface area (Å²) in [5.41, 5.74) is 11.2. The molecule has 4 N–H and O–H groups in total. The van der Waals surface area contributed by atoms with Crippen molar-refractivity contribution in [1.29, 1.82) is 0 Å². The van der Waals surface area contributed by atoms with Gasteiger partial charge in [0, 0.05) is 6.42 Å². The molecule has 1 aliphatic heterocycles. The maximum Gasteiger partial charge on any atom is 0.314 e. The van der Waals surface area contributed by atoms with Crippen molar-refractivity contribution in [3.8, 4) is 0 Å². The van der Waals surface area contributed by atoms with E-state index in [1.807, 2.05) is 0 Å². The first kappa shape index (κ1) is 19.1. The standard InChI is InChI=1S/C17H33N3O2/c1-2-3-11-16(21)20(13-8-5-4-7-12-18)14-9-6-10-15(20)17(19)22/h15H,2-14,18H2,1H3,(H-,19,22)/p+1. The minimum absolute atomic E-state index is 0.226. The summed E-state index contributed by atoms with van der Waals surface area (Å²) in [7, 11) is 0. The number of carbonyl (C=O) groups is 2. The molecule has 2 amide bonds. The maximum absolute atomic E-state index is 12.9. The number of likely N-dealkylation sites (tertiary alicyclic amines) is 1. The van der Waals surface area contributed by atoms with Crippen LogP contribution in [0.25, 0.3) is 0 Å². The zero-order valence-corrected chi connectivity index (χ0v) is 14.2. The highest BCUT2D eigenvalue weighted by Crippen LogP contribution is 2.29. The number of primary amides is 1. The number of hydrogen-bond acceptors (Lipinski definition) is 3. The van der Waals surface area contributed by atoms with Crippen molar-refractivity contribution in [2.24, 2.45) is 11.5 Å². The number of nitrogens with two attached hydrogens (primary N) is 2. The minimum atomic E-state index is -0.312. The fraction of sp³-hybridized carbons (Fsp3) is 0.882. The first-order valence-corrected chi connectivity index (χ1v) is 8.98. The average molecular weight is 312 g/mol. The van der Waals surface area contributed by atoms with Crippen molar-refractivity contribution in [3.63, 3.8) is 0 Å². The molecule has 0 saturated carbocycles. The van der Waals surface area contributed by atoms with Crippen molar-refractivity contribution in [2.45, 2.75) is 77.2 Å². The lowest BCUT2D eigenvalue weighted by molar-refractivity contribution is -0.876. The Balaban J connectivity index is 2.78. The average Bonchev–Trinajstić information content (AvgIpc) is 2.52. The van der Waals surface area contributed by atoms with Gasteiger partial charge >= 0.3 is 5.91 Å². The Kier molecular flexibility index (Phi) is 8.64. The van der Waals surface area contributed by atoms with Crippen LogP contribution in [0.2, 0.25) is 0 Å². The summed E-state index contributed by atoms with van der Waals surface area (Å²) in [6.07, 6.45) is 9.43. The topological polar surface area (TPSA) is 86.2 Å². The smallest absolute Gasteiger partial charge is 0.314 e. The predicted molar refractivity (Wildman–Crippen MR) is 88.9 cm³/mol. The van der Waals surface area contributed by atoms with Crippen molar-refractivity contribution in [1.82, 2.24) is 0 Å². The highest BCUT2D eigenvalue weighted by molar-refractivity contribution is 5.82. The summed E-state index contributed by atoms with van der Waals surface area (Å²) in [6, 6.07) is -0.312. The molecule has 0 aliphatic carbocycles. The Bertz CT molecular complexity index is 360. The molecule has 0 aromatic carbocycles. The molecule has 2 atom stereocenters. The Hall–Kier alpha value is -0.940. The molecule has 0 bridgehead atoms. The fourth-order valence-corrected chi connectivity index (χ4v) is 3.65. The van der Waals surface area contributed by atoms with Gasteiger partial charge in [0.05, 0.1) is 19.5 Å². The number of hydrogen-bond donors (Lipinski definition) is 2. The van der Waals surface area contributed by atoms with E-state index in [0.29, 0.717) is 10.9 Å². The highest BCUT2D eigenvalue weighted by Gasteiger charge is 2.47. The molecule has 5 heteroatoms. The van der Waals surface area contributed by atoms with Crippen LogP contribution in [0.15, 0.2) is 0 Å². The number of nitrogens with zero attached hydrogens (tertiary/aromatic N) is 1.